The first-order valence-corrected chi connectivity index (χ1v) is 10.7. The Morgan fingerprint density at radius 1 is 0.893 bits per heavy atom. The molecule has 0 aliphatic heterocycles. The third kappa shape index (κ3) is 4.41. The summed E-state index contributed by atoms with van der Waals surface area (Å²) in [4.78, 5) is 12.6. The minimum atomic E-state index is -3.51. The van der Waals surface area contributed by atoms with Crippen molar-refractivity contribution in [2.24, 2.45) is 0 Å². The summed E-state index contributed by atoms with van der Waals surface area (Å²) in [6.45, 7) is 5.78. The van der Waals surface area contributed by atoms with Crippen LogP contribution >= 0.6 is 7.37 Å². The Balaban J connectivity index is 1.83. The molecule has 0 aliphatic rings. The first-order chi connectivity index (χ1) is 13.5. The Hall–Kier alpha value is -3.10. The van der Waals surface area contributed by atoms with Crippen LogP contribution in [-0.2, 0) is 20.3 Å². The zero-order valence-electron chi connectivity index (χ0n) is 15.7. The molecule has 0 atom stereocenters. The van der Waals surface area contributed by atoms with Crippen molar-refractivity contribution in [3.05, 3.63) is 103 Å². The van der Waals surface area contributed by atoms with E-state index in [4.69, 9.17) is 4.52 Å². The van der Waals surface area contributed by atoms with Crippen molar-refractivity contribution >= 4 is 29.6 Å². The molecule has 0 bridgehead atoms. The van der Waals surface area contributed by atoms with Gasteiger partial charge < -0.3 is 9.84 Å². The minimum Gasteiger partial charge on any atom is -0.432 e. The average molecular weight is 391 g/mol. The second-order valence-corrected chi connectivity index (χ2v) is 8.56. The minimum absolute atomic E-state index is 0.199. The van der Waals surface area contributed by atoms with Crippen LogP contribution in [0.5, 0.6) is 0 Å². The van der Waals surface area contributed by atoms with Gasteiger partial charge in [0, 0.05) is 5.69 Å². The molecule has 0 heterocycles. The second kappa shape index (κ2) is 8.73. The number of benzene rings is 3. The Labute approximate surface area is 165 Å². The Kier molecular flexibility index (Phi) is 6.13. The summed E-state index contributed by atoms with van der Waals surface area (Å²) >= 11 is 0. The van der Waals surface area contributed by atoms with E-state index in [1.165, 1.54) is 5.56 Å². The fourth-order valence-electron chi connectivity index (χ4n) is 2.72. The van der Waals surface area contributed by atoms with Gasteiger partial charge in [-0.1, -0.05) is 62.0 Å². The number of rotatable bonds is 7. The summed E-state index contributed by atoms with van der Waals surface area (Å²) in [5.74, 6) is -0.730. The van der Waals surface area contributed by atoms with Crippen LogP contribution in [0.15, 0.2) is 97.3 Å². The molecule has 3 rings (SSSR count). The molecule has 5 heteroatoms. The fourth-order valence-corrected chi connectivity index (χ4v) is 4.76. The van der Waals surface area contributed by atoms with E-state index in [0.717, 1.165) is 6.42 Å². The van der Waals surface area contributed by atoms with E-state index in [0.29, 0.717) is 16.3 Å². The first kappa shape index (κ1) is 19.7. The number of aryl methyl sites for hydroxylation is 1. The number of amides is 1. The highest BCUT2D eigenvalue weighted by Crippen LogP contribution is 2.46. The van der Waals surface area contributed by atoms with Gasteiger partial charge in [-0.25, -0.2) is 0 Å². The van der Waals surface area contributed by atoms with Crippen molar-refractivity contribution in [2.45, 2.75) is 13.3 Å². The molecule has 142 valence electrons. The van der Waals surface area contributed by atoms with Gasteiger partial charge in [0.2, 0.25) is 0 Å². The lowest BCUT2D eigenvalue weighted by molar-refractivity contribution is -0.114. The number of hydrogen-bond acceptors (Lipinski definition) is 3. The molecule has 28 heavy (non-hydrogen) atoms. The van der Waals surface area contributed by atoms with Crippen molar-refractivity contribution in [3.63, 3.8) is 0 Å². The molecule has 1 amide bonds. The molecule has 0 aliphatic carbocycles. The molecular weight excluding hydrogens is 369 g/mol. The Morgan fingerprint density at radius 3 is 1.86 bits per heavy atom. The number of carbonyl (C=O) groups excluding carboxylic acids is 1. The maximum absolute atomic E-state index is 13.8. The quantitative estimate of drug-likeness (QED) is 0.362. The van der Waals surface area contributed by atoms with Crippen LogP contribution in [0.3, 0.4) is 0 Å². The summed E-state index contributed by atoms with van der Waals surface area (Å²) in [5.41, 5.74) is 1.80. The van der Waals surface area contributed by atoms with Crippen molar-refractivity contribution in [1.82, 2.24) is 0 Å². The van der Waals surface area contributed by atoms with Gasteiger partial charge in [0.25, 0.3) is 5.91 Å². The summed E-state index contributed by atoms with van der Waals surface area (Å²) in [5, 5.41) is 3.74. The van der Waals surface area contributed by atoms with E-state index < -0.39 is 13.3 Å². The third-order valence-electron chi connectivity index (χ3n) is 4.30. The van der Waals surface area contributed by atoms with Gasteiger partial charge in [-0.2, -0.15) is 0 Å². The average Bonchev–Trinajstić information content (AvgIpc) is 2.75. The lowest BCUT2D eigenvalue weighted by Gasteiger charge is -2.21. The zero-order chi connectivity index (χ0) is 20.0. The normalized spacial score (nSPS) is 10.9. The van der Waals surface area contributed by atoms with E-state index in [2.05, 4.69) is 18.8 Å². The first-order valence-electron chi connectivity index (χ1n) is 9.03. The highest BCUT2D eigenvalue weighted by Gasteiger charge is 2.31. The van der Waals surface area contributed by atoms with Crippen LogP contribution in [0.4, 0.5) is 5.69 Å². The molecule has 3 aromatic rings. The van der Waals surface area contributed by atoms with E-state index in [9.17, 15) is 9.36 Å². The topological polar surface area (TPSA) is 55.4 Å². The molecule has 1 N–H and O–H groups in total. The number of nitrogens with one attached hydrogen (secondary N) is 1. The SMILES string of the molecule is C=C(OP(=O)(c1ccccc1)c1ccccc1)C(=O)Nc1ccc(CC)cc1. The molecule has 3 aromatic carbocycles. The van der Waals surface area contributed by atoms with Crippen molar-refractivity contribution in [3.8, 4) is 0 Å². The summed E-state index contributed by atoms with van der Waals surface area (Å²) in [7, 11) is -3.51. The van der Waals surface area contributed by atoms with E-state index in [1.807, 2.05) is 36.4 Å². The lowest BCUT2D eigenvalue weighted by atomic mass is 10.1. The summed E-state index contributed by atoms with van der Waals surface area (Å²) in [6, 6.07) is 25.2. The highest BCUT2D eigenvalue weighted by atomic mass is 31.2. The van der Waals surface area contributed by atoms with Gasteiger partial charge in [-0.15, -0.1) is 0 Å². The monoisotopic (exact) mass is 391 g/mol. The van der Waals surface area contributed by atoms with Gasteiger partial charge in [0.15, 0.2) is 5.76 Å². The van der Waals surface area contributed by atoms with Gasteiger partial charge in [-0.3, -0.25) is 9.36 Å². The molecule has 0 saturated heterocycles. The molecule has 0 saturated carbocycles. The summed E-state index contributed by atoms with van der Waals surface area (Å²) in [6.07, 6.45) is 0.918. The molecule has 0 unspecified atom stereocenters. The Morgan fingerprint density at radius 2 is 1.39 bits per heavy atom. The standard InChI is InChI=1S/C23H22NO3P/c1-3-19-14-16-20(17-15-19)24-23(25)18(2)27-28(26,21-10-6-4-7-11-21)22-12-8-5-9-13-22/h4-17H,2-3H2,1H3,(H,24,25). The molecule has 0 spiro atoms. The van der Waals surface area contributed by atoms with E-state index in [1.54, 1.807) is 48.5 Å². The van der Waals surface area contributed by atoms with Crippen LogP contribution in [0.1, 0.15) is 12.5 Å². The smallest absolute Gasteiger partial charge is 0.306 e. The molecule has 0 aromatic heterocycles. The molecule has 0 fully saturated rings. The van der Waals surface area contributed by atoms with Crippen LogP contribution in [0, 0.1) is 0 Å². The lowest BCUT2D eigenvalue weighted by Crippen LogP contribution is -2.22. The highest BCUT2D eigenvalue weighted by molar-refractivity contribution is 7.74. The maximum Gasteiger partial charge on any atom is 0.306 e. The van der Waals surface area contributed by atoms with Gasteiger partial charge >= 0.3 is 7.37 Å². The van der Waals surface area contributed by atoms with Crippen LogP contribution in [-0.4, -0.2) is 5.91 Å². The molecule has 4 nitrogen and oxygen atoms in total. The van der Waals surface area contributed by atoms with E-state index >= 15 is 0 Å². The van der Waals surface area contributed by atoms with Crippen molar-refractivity contribution in [1.29, 1.82) is 0 Å². The van der Waals surface area contributed by atoms with Crippen LogP contribution in [0.2, 0.25) is 0 Å². The number of carbonyl (C=O) groups is 1. The van der Waals surface area contributed by atoms with Crippen LogP contribution in [0.25, 0.3) is 0 Å². The van der Waals surface area contributed by atoms with Gasteiger partial charge in [0.05, 0.1) is 10.6 Å². The van der Waals surface area contributed by atoms with Gasteiger partial charge in [0.1, 0.15) is 0 Å². The zero-order valence-corrected chi connectivity index (χ0v) is 16.6. The fraction of sp³-hybridized carbons (Fsp3) is 0.0870. The molecular formula is C23H22NO3P. The second-order valence-electron chi connectivity index (χ2n) is 6.24. The predicted molar refractivity (Wildman–Crippen MR) is 114 cm³/mol. The molecule has 0 radical (unpaired) electrons. The van der Waals surface area contributed by atoms with Crippen molar-refractivity contribution in [2.75, 3.05) is 5.32 Å². The van der Waals surface area contributed by atoms with E-state index in [-0.39, 0.29) is 5.76 Å². The Bertz CT molecular complexity index is 956. The number of anilines is 1. The predicted octanol–water partition coefficient (Wildman–Crippen LogP) is 4.65. The van der Waals surface area contributed by atoms with Gasteiger partial charge in [-0.05, 0) is 48.4 Å². The van der Waals surface area contributed by atoms with Crippen LogP contribution < -0.4 is 15.9 Å². The summed E-state index contributed by atoms with van der Waals surface area (Å²) < 4.78 is 19.5. The number of hydrogen-bond donors (Lipinski definition) is 1. The third-order valence-corrected chi connectivity index (χ3v) is 6.74. The van der Waals surface area contributed by atoms with Crippen molar-refractivity contribution < 1.29 is 13.9 Å². The maximum atomic E-state index is 13.8. The largest absolute Gasteiger partial charge is 0.432 e.